The Morgan fingerprint density at radius 1 is 1.28 bits per heavy atom. The number of aliphatic hydroxyl groups excluding tert-OH is 2. The highest BCUT2D eigenvalue weighted by Crippen LogP contribution is 2.22. The second-order valence-corrected chi connectivity index (χ2v) is 3.65. The SMILES string of the molecule is CCOC(=O)C(O)C(O)c1cccc(OCC)c1. The van der Waals surface area contributed by atoms with Gasteiger partial charge in [-0.25, -0.2) is 4.79 Å². The fourth-order valence-corrected chi connectivity index (χ4v) is 1.49. The van der Waals surface area contributed by atoms with E-state index >= 15 is 0 Å². The topological polar surface area (TPSA) is 76.0 Å². The van der Waals surface area contributed by atoms with Crippen LogP contribution in [0.25, 0.3) is 0 Å². The van der Waals surface area contributed by atoms with Crippen molar-refractivity contribution in [1.29, 1.82) is 0 Å². The quantitative estimate of drug-likeness (QED) is 0.742. The van der Waals surface area contributed by atoms with Gasteiger partial charge in [0.25, 0.3) is 0 Å². The smallest absolute Gasteiger partial charge is 0.338 e. The number of esters is 1. The first-order chi connectivity index (χ1) is 8.60. The van der Waals surface area contributed by atoms with Crippen molar-refractivity contribution in [2.75, 3.05) is 13.2 Å². The fraction of sp³-hybridized carbons (Fsp3) is 0.462. The summed E-state index contributed by atoms with van der Waals surface area (Å²) in [5.74, 6) is -0.267. The number of rotatable bonds is 6. The lowest BCUT2D eigenvalue weighted by atomic mass is 10.0. The second kappa shape index (κ2) is 6.98. The lowest BCUT2D eigenvalue weighted by molar-refractivity contribution is -0.159. The molecule has 0 aliphatic carbocycles. The van der Waals surface area contributed by atoms with Crippen molar-refractivity contribution in [2.24, 2.45) is 0 Å². The molecule has 0 aliphatic rings. The highest BCUT2D eigenvalue weighted by molar-refractivity contribution is 5.75. The second-order valence-electron chi connectivity index (χ2n) is 3.65. The van der Waals surface area contributed by atoms with Crippen LogP contribution < -0.4 is 4.74 Å². The van der Waals surface area contributed by atoms with Gasteiger partial charge in [-0.15, -0.1) is 0 Å². The van der Waals surface area contributed by atoms with Crippen molar-refractivity contribution in [3.8, 4) is 5.75 Å². The van der Waals surface area contributed by atoms with Gasteiger partial charge in [-0.05, 0) is 31.5 Å². The van der Waals surface area contributed by atoms with Crippen LogP contribution in [-0.4, -0.2) is 35.5 Å². The largest absolute Gasteiger partial charge is 0.494 e. The van der Waals surface area contributed by atoms with Crippen molar-refractivity contribution in [2.45, 2.75) is 26.1 Å². The van der Waals surface area contributed by atoms with Crippen LogP contribution in [0.1, 0.15) is 25.5 Å². The molecule has 0 bridgehead atoms. The molecule has 2 unspecified atom stereocenters. The molecule has 2 atom stereocenters. The van der Waals surface area contributed by atoms with Crippen LogP contribution in [0, 0.1) is 0 Å². The lowest BCUT2D eigenvalue weighted by Gasteiger charge is -2.17. The minimum atomic E-state index is -1.60. The molecule has 1 aromatic rings. The Bertz CT molecular complexity index is 391. The number of carbonyl (C=O) groups excluding carboxylic acids is 1. The predicted octanol–water partition coefficient (Wildman–Crippen LogP) is 1.04. The monoisotopic (exact) mass is 254 g/mol. The first kappa shape index (κ1) is 14.5. The van der Waals surface area contributed by atoms with Crippen molar-refractivity contribution in [3.05, 3.63) is 29.8 Å². The zero-order valence-electron chi connectivity index (χ0n) is 10.5. The standard InChI is InChI=1S/C13H18O5/c1-3-17-10-7-5-6-9(8-10)11(14)12(15)13(16)18-4-2/h5-8,11-12,14-15H,3-4H2,1-2H3. The summed E-state index contributed by atoms with van der Waals surface area (Å²) in [7, 11) is 0. The van der Waals surface area contributed by atoms with Gasteiger partial charge in [-0.1, -0.05) is 12.1 Å². The number of hydrogen-bond donors (Lipinski definition) is 2. The molecule has 5 heteroatoms. The molecule has 0 aromatic heterocycles. The summed E-state index contributed by atoms with van der Waals surface area (Å²) in [6.07, 6.45) is -2.92. The van der Waals surface area contributed by atoms with E-state index in [0.29, 0.717) is 17.9 Å². The van der Waals surface area contributed by atoms with Crippen molar-refractivity contribution in [1.82, 2.24) is 0 Å². The van der Waals surface area contributed by atoms with Crippen LogP contribution in [0.3, 0.4) is 0 Å². The normalized spacial score (nSPS) is 13.8. The van der Waals surface area contributed by atoms with Crippen LogP contribution in [0.15, 0.2) is 24.3 Å². The molecule has 0 saturated heterocycles. The summed E-state index contributed by atoms with van der Waals surface area (Å²) in [6, 6.07) is 6.60. The van der Waals surface area contributed by atoms with Crippen molar-refractivity contribution < 1.29 is 24.5 Å². The molecule has 5 nitrogen and oxygen atoms in total. The molecule has 0 amide bonds. The zero-order chi connectivity index (χ0) is 13.5. The summed E-state index contributed by atoms with van der Waals surface area (Å²) in [5, 5.41) is 19.5. The number of carbonyl (C=O) groups is 1. The van der Waals surface area contributed by atoms with Gasteiger partial charge in [0, 0.05) is 0 Å². The maximum atomic E-state index is 11.3. The third kappa shape index (κ3) is 3.72. The maximum absolute atomic E-state index is 11.3. The third-order valence-electron chi connectivity index (χ3n) is 2.34. The zero-order valence-corrected chi connectivity index (χ0v) is 10.5. The fourth-order valence-electron chi connectivity index (χ4n) is 1.49. The van der Waals surface area contributed by atoms with Gasteiger partial charge in [-0.2, -0.15) is 0 Å². The molecular formula is C13H18O5. The van der Waals surface area contributed by atoms with Crippen LogP contribution >= 0.6 is 0 Å². The molecule has 0 spiro atoms. The molecule has 2 N–H and O–H groups in total. The summed E-state index contributed by atoms with van der Waals surface area (Å²) < 4.78 is 9.92. The first-order valence-electron chi connectivity index (χ1n) is 5.85. The Morgan fingerprint density at radius 2 is 2.00 bits per heavy atom. The van der Waals surface area contributed by atoms with E-state index < -0.39 is 18.2 Å². The summed E-state index contributed by atoms with van der Waals surface area (Å²) in [4.78, 5) is 11.3. The van der Waals surface area contributed by atoms with E-state index in [1.54, 1.807) is 31.2 Å². The van der Waals surface area contributed by atoms with E-state index in [1.165, 1.54) is 0 Å². The highest BCUT2D eigenvalue weighted by Gasteiger charge is 2.27. The van der Waals surface area contributed by atoms with E-state index in [4.69, 9.17) is 4.74 Å². The summed E-state index contributed by atoms with van der Waals surface area (Å²) in [5.41, 5.74) is 0.404. The van der Waals surface area contributed by atoms with Crippen LogP contribution in [-0.2, 0) is 9.53 Å². The minimum absolute atomic E-state index is 0.154. The number of benzene rings is 1. The molecule has 0 fully saturated rings. The molecule has 0 saturated carbocycles. The third-order valence-corrected chi connectivity index (χ3v) is 2.34. The van der Waals surface area contributed by atoms with Crippen molar-refractivity contribution in [3.63, 3.8) is 0 Å². The lowest BCUT2D eigenvalue weighted by Crippen LogP contribution is -2.29. The van der Waals surface area contributed by atoms with Gasteiger partial charge in [-0.3, -0.25) is 0 Å². The van der Waals surface area contributed by atoms with E-state index in [-0.39, 0.29) is 6.61 Å². The van der Waals surface area contributed by atoms with Crippen LogP contribution in [0.4, 0.5) is 0 Å². The molecular weight excluding hydrogens is 236 g/mol. The Labute approximate surface area is 106 Å². The minimum Gasteiger partial charge on any atom is -0.494 e. The number of ether oxygens (including phenoxy) is 2. The van der Waals surface area contributed by atoms with E-state index in [0.717, 1.165) is 0 Å². The maximum Gasteiger partial charge on any atom is 0.338 e. The first-order valence-corrected chi connectivity index (χ1v) is 5.85. The number of aliphatic hydroxyl groups is 2. The van der Waals surface area contributed by atoms with E-state index in [2.05, 4.69) is 4.74 Å². The van der Waals surface area contributed by atoms with E-state index in [9.17, 15) is 15.0 Å². The highest BCUT2D eigenvalue weighted by atomic mass is 16.5. The van der Waals surface area contributed by atoms with Gasteiger partial charge < -0.3 is 19.7 Å². The Kier molecular flexibility index (Phi) is 5.61. The molecule has 0 radical (unpaired) electrons. The molecule has 18 heavy (non-hydrogen) atoms. The summed E-state index contributed by atoms with van der Waals surface area (Å²) in [6.45, 7) is 4.13. The van der Waals surface area contributed by atoms with Gasteiger partial charge >= 0.3 is 5.97 Å². The average molecular weight is 254 g/mol. The van der Waals surface area contributed by atoms with Gasteiger partial charge in [0.1, 0.15) is 11.9 Å². The Hall–Kier alpha value is -1.59. The van der Waals surface area contributed by atoms with Crippen LogP contribution in [0.5, 0.6) is 5.75 Å². The van der Waals surface area contributed by atoms with Gasteiger partial charge in [0.15, 0.2) is 6.10 Å². The molecule has 0 aliphatic heterocycles. The molecule has 0 heterocycles. The molecule has 1 rings (SSSR count). The average Bonchev–Trinajstić information content (AvgIpc) is 2.38. The molecule has 1 aromatic carbocycles. The van der Waals surface area contributed by atoms with E-state index in [1.807, 2.05) is 6.92 Å². The molecule has 100 valence electrons. The predicted molar refractivity (Wildman–Crippen MR) is 65.2 cm³/mol. The van der Waals surface area contributed by atoms with Crippen LogP contribution in [0.2, 0.25) is 0 Å². The number of hydrogen-bond acceptors (Lipinski definition) is 5. The Balaban J connectivity index is 2.79. The Morgan fingerprint density at radius 3 is 2.61 bits per heavy atom. The van der Waals surface area contributed by atoms with Gasteiger partial charge in [0.05, 0.1) is 13.2 Å². The van der Waals surface area contributed by atoms with Gasteiger partial charge in [0.2, 0.25) is 0 Å². The van der Waals surface area contributed by atoms with Crippen molar-refractivity contribution >= 4 is 5.97 Å². The summed E-state index contributed by atoms with van der Waals surface area (Å²) >= 11 is 0.